The van der Waals surface area contributed by atoms with Gasteiger partial charge in [0.05, 0.1) is 11.0 Å². The van der Waals surface area contributed by atoms with E-state index in [1.165, 1.54) is 131 Å². The molecule has 0 aliphatic heterocycles. The van der Waals surface area contributed by atoms with Gasteiger partial charge in [-0.05, 0) is 206 Å². The Hall–Kier alpha value is -9.63. The molecule has 0 unspecified atom stereocenters. The van der Waals surface area contributed by atoms with Crippen molar-refractivity contribution in [2.75, 3.05) is 0 Å². The summed E-state index contributed by atoms with van der Waals surface area (Å²) >= 11 is 0. The summed E-state index contributed by atoms with van der Waals surface area (Å²) in [6.45, 7) is 2.30. The molecule has 74 heavy (non-hydrogen) atoms. The molecule has 0 spiro atoms. The predicted molar refractivity (Wildman–Crippen MR) is 316 cm³/mol. The van der Waals surface area contributed by atoms with Gasteiger partial charge in [0.1, 0.15) is 0 Å². The molecule has 0 aliphatic rings. The summed E-state index contributed by atoms with van der Waals surface area (Å²) in [5.74, 6) is 0. The number of hydrogen-bond acceptors (Lipinski definition) is 1. The standard InChI is InChI=1S/C72H46N2/c1-45-35-66-67(72(56-26-24-48-16-6-8-18-51(48)37-56)61-22-12-11-21-60(61)71(66)55-25-23-47-15-5-7-17-50(47)36-55)43-62(45)58-39-57-38-52-19-9-10-20-53(52)40-64(57)63(42-58)54-29-32-69-65(41-54)68-44-73-34-33-70(68)74(69)59-30-27-49(28-31-59)46-13-3-2-4-14-46/h2-44H,1H3. The number of benzene rings is 13. The molecule has 15 rings (SSSR count). The molecule has 15 aromatic rings. The Bertz CT molecular complexity index is 4770. The normalized spacial score (nSPS) is 11.9. The van der Waals surface area contributed by atoms with Crippen molar-refractivity contribution in [2.24, 2.45) is 0 Å². The van der Waals surface area contributed by atoms with Crippen LogP contribution in [-0.2, 0) is 0 Å². The third-order valence-corrected chi connectivity index (χ3v) is 15.7. The molecule has 0 aliphatic carbocycles. The molecule has 0 radical (unpaired) electrons. The smallest absolute Gasteiger partial charge is 0.0571 e. The van der Waals surface area contributed by atoms with Crippen molar-refractivity contribution in [1.82, 2.24) is 9.55 Å². The zero-order valence-electron chi connectivity index (χ0n) is 40.7. The minimum absolute atomic E-state index is 1.12. The maximum absolute atomic E-state index is 4.69. The molecule has 2 nitrogen and oxygen atoms in total. The van der Waals surface area contributed by atoms with Crippen LogP contribution in [0.25, 0.3) is 148 Å². The van der Waals surface area contributed by atoms with Gasteiger partial charge in [0, 0.05) is 28.9 Å². The zero-order chi connectivity index (χ0) is 48.9. The summed E-state index contributed by atoms with van der Waals surface area (Å²) < 4.78 is 2.38. The summed E-state index contributed by atoms with van der Waals surface area (Å²) in [6.07, 6.45) is 3.93. The van der Waals surface area contributed by atoms with Crippen LogP contribution in [0.2, 0.25) is 0 Å². The second kappa shape index (κ2) is 16.7. The minimum Gasteiger partial charge on any atom is -0.309 e. The first-order valence-electron chi connectivity index (χ1n) is 25.6. The van der Waals surface area contributed by atoms with E-state index in [9.17, 15) is 0 Å². The maximum atomic E-state index is 4.69. The van der Waals surface area contributed by atoms with E-state index in [1.807, 2.05) is 12.4 Å². The van der Waals surface area contributed by atoms with Gasteiger partial charge in [-0.15, -0.1) is 0 Å². The molecule has 344 valence electrons. The second-order valence-corrected chi connectivity index (χ2v) is 19.9. The molecule has 2 heterocycles. The highest BCUT2D eigenvalue weighted by Crippen LogP contribution is 2.48. The number of fused-ring (bicyclic) bond motifs is 9. The molecule has 0 saturated heterocycles. The van der Waals surface area contributed by atoms with Crippen LogP contribution in [0, 0.1) is 6.92 Å². The SMILES string of the molecule is Cc1cc2c(-c3ccc4ccccc4c3)c3ccccc3c(-c3ccc4ccccc4c3)c2cc1-c1cc(-c2ccc3c(c2)c2cnccc2n3-c2ccc(-c3ccccc3)cc2)c2cc3ccccc3cc2c1. The maximum Gasteiger partial charge on any atom is 0.0571 e. The third-order valence-electron chi connectivity index (χ3n) is 15.7. The third kappa shape index (κ3) is 6.76. The van der Waals surface area contributed by atoms with E-state index >= 15 is 0 Å². The Kier molecular flexibility index (Phi) is 9.52. The first-order chi connectivity index (χ1) is 36.6. The number of nitrogens with zero attached hydrogens (tertiary/aromatic N) is 2. The van der Waals surface area contributed by atoms with Gasteiger partial charge in [-0.25, -0.2) is 0 Å². The number of aryl methyl sites for hydroxylation is 1. The zero-order valence-corrected chi connectivity index (χ0v) is 40.7. The van der Waals surface area contributed by atoms with Gasteiger partial charge in [-0.3, -0.25) is 4.98 Å². The van der Waals surface area contributed by atoms with Gasteiger partial charge in [0.15, 0.2) is 0 Å². The van der Waals surface area contributed by atoms with Crippen LogP contribution in [0.3, 0.4) is 0 Å². The Balaban J connectivity index is 0.977. The largest absolute Gasteiger partial charge is 0.309 e. The quantitative estimate of drug-likeness (QED) is 0.152. The minimum atomic E-state index is 1.12. The van der Waals surface area contributed by atoms with E-state index in [0.717, 1.165) is 22.1 Å². The predicted octanol–water partition coefficient (Wildman–Crippen LogP) is 19.7. The average Bonchev–Trinajstić information content (AvgIpc) is 3.82. The summed E-state index contributed by atoms with van der Waals surface area (Å²) in [5, 5.41) is 17.1. The summed E-state index contributed by atoms with van der Waals surface area (Å²) in [4.78, 5) is 4.69. The van der Waals surface area contributed by atoms with Crippen molar-refractivity contribution in [3.8, 4) is 61.3 Å². The monoisotopic (exact) mass is 938 g/mol. The van der Waals surface area contributed by atoms with Crippen LogP contribution in [0.1, 0.15) is 5.56 Å². The van der Waals surface area contributed by atoms with Gasteiger partial charge >= 0.3 is 0 Å². The lowest BCUT2D eigenvalue weighted by Crippen LogP contribution is -1.95. The van der Waals surface area contributed by atoms with Crippen molar-refractivity contribution in [3.05, 3.63) is 267 Å². The second-order valence-electron chi connectivity index (χ2n) is 19.9. The molecule has 0 fully saturated rings. The molecular weight excluding hydrogens is 893 g/mol. The molecule has 13 aromatic carbocycles. The lowest BCUT2D eigenvalue weighted by Gasteiger charge is -2.21. The van der Waals surface area contributed by atoms with Gasteiger partial charge < -0.3 is 4.57 Å². The molecular formula is C72H46N2. The first-order valence-corrected chi connectivity index (χ1v) is 25.6. The van der Waals surface area contributed by atoms with Crippen molar-refractivity contribution in [3.63, 3.8) is 0 Å². The molecule has 0 N–H and O–H groups in total. The summed E-state index contributed by atoms with van der Waals surface area (Å²) in [6, 6.07) is 92.5. The molecule has 0 bridgehead atoms. The molecule has 0 atom stereocenters. The van der Waals surface area contributed by atoms with Crippen molar-refractivity contribution in [1.29, 1.82) is 0 Å². The Morgan fingerprint density at radius 1 is 0.284 bits per heavy atom. The van der Waals surface area contributed by atoms with Crippen LogP contribution in [0.4, 0.5) is 0 Å². The van der Waals surface area contributed by atoms with Crippen molar-refractivity contribution < 1.29 is 0 Å². The number of hydrogen-bond donors (Lipinski definition) is 0. The van der Waals surface area contributed by atoms with Crippen LogP contribution in [0.5, 0.6) is 0 Å². The van der Waals surface area contributed by atoms with Crippen LogP contribution < -0.4 is 0 Å². The van der Waals surface area contributed by atoms with Crippen LogP contribution >= 0.6 is 0 Å². The molecule has 0 saturated carbocycles. The number of rotatable bonds is 6. The topological polar surface area (TPSA) is 17.8 Å². The fourth-order valence-electron chi connectivity index (χ4n) is 12.1. The van der Waals surface area contributed by atoms with Gasteiger partial charge in [-0.2, -0.15) is 0 Å². The lowest BCUT2D eigenvalue weighted by molar-refractivity contribution is 1.17. The van der Waals surface area contributed by atoms with Gasteiger partial charge in [0.2, 0.25) is 0 Å². The Morgan fingerprint density at radius 2 is 0.811 bits per heavy atom. The first kappa shape index (κ1) is 42.1. The fourth-order valence-corrected chi connectivity index (χ4v) is 12.1. The number of pyridine rings is 1. The van der Waals surface area contributed by atoms with E-state index in [0.29, 0.717) is 0 Å². The highest BCUT2D eigenvalue weighted by Gasteiger charge is 2.21. The fraction of sp³-hybridized carbons (Fsp3) is 0.0139. The van der Waals surface area contributed by atoms with Crippen molar-refractivity contribution in [2.45, 2.75) is 6.92 Å². The summed E-state index contributed by atoms with van der Waals surface area (Å²) in [7, 11) is 0. The Morgan fingerprint density at radius 3 is 1.49 bits per heavy atom. The highest BCUT2D eigenvalue weighted by atomic mass is 15.0. The Labute approximate surface area is 428 Å². The van der Waals surface area contributed by atoms with E-state index in [2.05, 4.69) is 265 Å². The average molecular weight is 939 g/mol. The van der Waals surface area contributed by atoms with Gasteiger partial charge in [-0.1, -0.05) is 176 Å². The van der Waals surface area contributed by atoms with E-state index < -0.39 is 0 Å². The van der Waals surface area contributed by atoms with Crippen molar-refractivity contribution >= 4 is 86.4 Å². The molecule has 2 aromatic heterocycles. The van der Waals surface area contributed by atoms with Gasteiger partial charge in [0.25, 0.3) is 0 Å². The summed E-state index contributed by atoms with van der Waals surface area (Å²) in [5.41, 5.74) is 16.8. The van der Waals surface area contributed by atoms with E-state index in [4.69, 9.17) is 0 Å². The van der Waals surface area contributed by atoms with E-state index in [1.54, 1.807) is 0 Å². The van der Waals surface area contributed by atoms with E-state index in [-0.39, 0.29) is 0 Å². The van der Waals surface area contributed by atoms with Crippen LogP contribution in [0.15, 0.2) is 261 Å². The highest BCUT2D eigenvalue weighted by molar-refractivity contribution is 6.23. The molecule has 2 heteroatoms. The number of aromatic nitrogens is 2. The van der Waals surface area contributed by atoms with Crippen LogP contribution in [-0.4, -0.2) is 9.55 Å². The molecule has 0 amide bonds. The lowest BCUT2D eigenvalue weighted by atomic mass is 9.82.